The molecule has 1 aromatic heterocycles. The summed E-state index contributed by atoms with van der Waals surface area (Å²) in [4.78, 5) is 14.9. The smallest absolute Gasteiger partial charge is 0.356 e. The first-order valence-electron chi connectivity index (χ1n) is 5.95. The fourth-order valence-corrected chi connectivity index (χ4v) is 2.17. The summed E-state index contributed by atoms with van der Waals surface area (Å²) in [6, 6.07) is 3.26. The predicted octanol–water partition coefficient (Wildman–Crippen LogP) is 3.20. The SMILES string of the molecule is O=C(O)c1nc(NCC2CC=CCC2)ccc1Cl. The number of aromatic carboxylic acids is 1. The summed E-state index contributed by atoms with van der Waals surface area (Å²) in [5, 5.41) is 12.3. The van der Waals surface area contributed by atoms with Crippen molar-refractivity contribution in [3.8, 4) is 0 Å². The monoisotopic (exact) mass is 266 g/mol. The maximum Gasteiger partial charge on any atom is 0.356 e. The standard InChI is InChI=1S/C13H15ClN2O2/c14-10-6-7-11(16-12(10)13(17)18)15-8-9-4-2-1-3-5-9/h1-2,6-7,9H,3-5,8H2,(H,15,16)(H,17,18). The van der Waals surface area contributed by atoms with Crippen molar-refractivity contribution in [3.63, 3.8) is 0 Å². The molecule has 18 heavy (non-hydrogen) atoms. The molecule has 1 aromatic rings. The molecule has 0 amide bonds. The Morgan fingerprint density at radius 1 is 1.50 bits per heavy atom. The molecule has 1 unspecified atom stereocenters. The molecule has 1 atom stereocenters. The van der Waals surface area contributed by atoms with E-state index in [1.807, 2.05) is 0 Å². The molecule has 0 saturated heterocycles. The van der Waals surface area contributed by atoms with E-state index < -0.39 is 5.97 Å². The highest BCUT2D eigenvalue weighted by atomic mass is 35.5. The maximum atomic E-state index is 10.9. The molecule has 0 radical (unpaired) electrons. The van der Waals surface area contributed by atoms with E-state index in [4.69, 9.17) is 16.7 Å². The van der Waals surface area contributed by atoms with Gasteiger partial charge >= 0.3 is 5.97 Å². The molecule has 2 rings (SSSR count). The number of nitrogens with zero attached hydrogens (tertiary/aromatic N) is 1. The number of rotatable bonds is 4. The molecule has 0 spiro atoms. The van der Waals surface area contributed by atoms with E-state index in [1.165, 1.54) is 0 Å². The summed E-state index contributed by atoms with van der Waals surface area (Å²) in [6.07, 6.45) is 7.71. The zero-order valence-corrected chi connectivity index (χ0v) is 10.7. The highest BCUT2D eigenvalue weighted by molar-refractivity contribution is 6.33. The Bertz CT molecular complexity index is 474. The van der Waals surface area contributed by atoms with E-state index in [2.05, 4.69) is 22.5 Å². The third-order valence-corrected chi connectivity index (χ3v) is 3.30. The van der Waals surface area contributed by atoms with Gasteiger partial charge in [-0.2, -0.15) is 0 Å². The van der Waals surface area contributed by atoms with Crippen LogP contribution >= 0.6 is 11.6 Å². The second kappa shape index (κ2) is 5.87. The fourth-order valence-electron chi connectivity index (χ4n) is 1.98. The van der Waals surface area contributed by atoms with Crippen molar-refractivity contribution < 1.29 is 9.90 Å². The van der Waals surface area contributed by atoms with E-state index in [0.717, 1.165) is 25.8 Å². The first kappa shape index (κ1) is 12.9. The van der Waals surface area contributed by atoms with Gasteiger partial charge in [-0.1, -0.05) is 23.8 Å². The third-order valence-electron chi connectivity index (χ3n) is 3.00. The topological polar surface area (TPSA) is 62.2 Å². The number of allylic oxidation sites excluding steroid dienone is 2. The van der Waals surface area contributed by atoms with Crippen LogP contribution in [0.25, 0.3) is 0 Å². The molecular formula is C13H15ClN2O2. The van der Waals surface area contributed by atoms with Crippen LogP contribution in [0, 0.1) is 5.92 Å². The average molecular weight is 267 g/mol. The third kappa shape index (κ3) is 3.23. The van der Waals surface area contributed by atoms with Crippen molar-refractivity contribution in [3.05, 3.63) is 35.0 Å². The molecule has 0 saturated carbocycles. The van der Waals surface area contributed by atoms with Crippen LogP contribution in [0.1, 0.15) is 29.8 Å². The summed E-state index contributed by atoms with van der Waals surface area (Å²) in [6.45, 7) is 0.804. The first-order valence-corrected chi connectivity index (χ1v) is 6.33. The van der Waals surface area contributed by atoms with Crippen molar-refractivity contribution in [2.45, 2.75) is 19.3 Å². The van der Waals surface area contributed by atoms with Gasteiger partial charge in [-0.25, -0.2) is 9.78 Å². The minimum atomic E-state index is -1.11. The van der Waals surface area contributed by atoms with Crippen LogP contribution in [0.2, 0.25) is 5.02 Å². The predicted molar refractivity (Wildman–Crippen MR) is 71.2 cm³/mol. The summed E-state index contributed by atoms with van der Waals surface area (Å²) >= 11 is 5.76. The molecule has 96 valence electrons. The van der Waals surface area contributed by atoms with Crippen LogP contribution in [0.5, 0.6) is 0 Å². The lowest BCUT2D eigenvalue weighted by Crippen LogP contribution is -2.16. The van der Waals surface area contributed by atoms with Crippen LogP contribution in [-0.4, -0.2) is 22.6 Å². The molecule has 0 bridgehead atoms. The number of nitrogens with one attached hydrogen (secondary N) is 1. The van der Waals surface area contributed by atoms with Gasteiger partial charge in [0.25, 0.3) is 0 Å². The van der Waals surface area contributed by atoms with Gasteiger partial charge in [-0.3, -0.25) is 0 Å². The summed E-state index contributed by atoms with van der Waals surface area (Å²) in [5.41, 5.74) is -0.106. The van der Waals surface area contributed by atoms with Gasteiger partial charge in [0, 0.05) is 6.54 Å². The van der Waals surface area contributed by atoms with Gasteiger partial charge in [0.2, 0.25) is 0 Å². The molecule has 0 aliphatic heterocycles. The van der Waals surface area contributed by atoms with Crippen LogP contribution in [0.15, 0.2) is 24.3 Å². The molecule has 0 aromatic carbocycles. The second-order valence-corrected chi connectivity index (χ2v) is 4.77. The van der Waals surface area contributed by atoms with Crippen molar-refractivity contribution in [1.29, 1.82) is 0 Å². The minimum Gasteiger partial charge on any atom is -0.476 e. The Kier molecular flexibility index (Phi) is 4.20. The molecule has 2 N–H and O–H groups in total. The van der Waals surface area contributed by atoms with Gasteiger partial charge in [0.05, 0.1) is 5.02 Å². The summed E-state index contributed by atoms with van der Waals surface area (Å²) in [7, 11) is 0. The summed E-state index contributed by atoms with van der Waals surface area (Å²) in [5.74, 6) is 0.0383. The number of carboxylic acids is 1. The Hall–Kier alpha value is -1.55. The molecule has 5 heteroatoms. The van der Waals surface area contributed by atoms with E-state index >= 15 is 0 Å². The van der Waals surface area contributed by atoms with Crippen molar-refractivity contribution in [1.82, 2.24) is 4.98 Å². The van der Waals surface area contributed by atoms with Crippen molar-refractivity contribution in [2.75, 3.05) is 11.9 Å². The number of hydrogen-bond acceptors (Lipinski definition) is 3. The average Bonchev–Trinajstić information content (AvgIpc) is 2.38. The van der Waals surface area contributed by atoms with Crippen LogP contribution in [0.4, 0.5) is 5.82 Å². The van der Waals surface area contributed by atoms with Crippen molar-refractivity contribution in [2.24, 2.45) is 5.92 Å². The number of halogens is 1. The van der Waals surface area contributed by atoms with Gasteiger partial charge in [0.15, 0.2) is 5.69 Å². The number of carboxylic acid groups (broad SMARTS) is 1. The van der Waals surface area contributed by atoms with Gasteiger partial charge in [-0.15, -0.1) is 0 Å². The molecule has 1 heterocycles. The second-order valence-electron chi connectivity index (χ2n) is 4.36. The Balaban J connectivity index is 1.99. The maximum absolute atomic E-state index is 10.9. The number of anilines is 1. The lowest BCUT2D eigenvalue weighted by Gasteiger charge is -2.18. The van der Waals surface area contributed by atoms with Gasteiger partial charge < -0.3 is 10.4 Å². The molecular weight excluding hydrogens is 252 g/mol. The van der Waals surface area contributed by atoms with E-state index in [0.29, 0.717) is 11.7 Å². The van der Waals surface area contributed by atoms with E-state index in [1.54, 1.807) is 12.1 Å². The lowest BCUT2D eigenvalue weighted by molar-refractivity contribution is 0.0691. The minimum absolute atomic E-state index is 0.106. The number of aromatic nitrogens is 1. The Labute approximate surface area is 111 Å². The Morgan fingerprint density at radius 2 is 2.33 bits per heavy atom. The zero-order valence-electron chi connectivity index (χ0n) is 9.90. The lowest BCUT2D eigenvalue weighted by atomic mass is 9.94. The summed E-state index contributed by atoms with van der Waals surface area (Å²) < 4.78 is 0. The molecule has 1 aliphatic rings. The molecule has 4 nitrogen and oxygen atoms in total. The van der Waals surface area contributed by atoms with Crippen LogP contribution < -0.4 is 5.32 Å². The first-order chi connectivity index (χ1) is 8.66. The van der Waals surface area contributed by atoms with E-state index in [-0.39, 0.29) is 10.7 Å². The van der Waals surface area contributed by atoms with Gasteiger partial charge in [0.1, 0.15) is 5.82 Å². The number of carbonyl (C=O) groups is 1. The van der Waals surface area contributed by atoms with Crippen LogP contribution in [-0.2, 0) is 0 Å². The van der Waals surface area contributed by atoms with Crippen molar-refractivity contribution >= 4 is 23.4 Å². The highest BCUT2D eigenvalue weighted by Crippen LogP contribution is 2.20. The van der Waals surface area contributed by atoms with E-state index in [9.17, 15) is 4.79 Å². The quantitative estimate of drug-likeness (QED) is 0.822. The number of pyridine rings is 1. The number of hydrogen-bond donors (Lipinski definition) is 2. The Morgan fingerprint density at radius 3 is 3.00 bits per heavy atom. The highest BCUT2D eigenvalue weighted by Gasteiger charge is 2.13. The molecule has 1 aliphatic carbocycles. The normalized spacial score (nSPS) is 18.6. The largest absolute Gasteiger partial charge is 0.476 e. The van der Waals surface area contributed by atoms with Crippen LogP contribution in [0.3, 0.4) is 0 Å². The molecule has 0 fully saturated rings. The van der Waals surface area contributed by atoms with Gasteiger partial charge in [-0.05, 0) is 37.3 Å². The zero-order chi connectivity index (χ0) is 13.0. The fraction of sp³-hybridized carbons (Fsp3) is 0.385.